The van der Waals surface area contributed by atoms with E-state index in [1.54, 1.807) is 60.7 Å². The molecule has 2 rings (SSSR count). The van der Waals surface area contributed by atoms with Gasteiger partial charge in [-0.1, -0.05) is 60.7 Å². The molecule has 0 fully saturated rings. The zero-order chi connectivity index (χ0) is 23.5. The number of carbonyl (C=O) groups is 4. The van der Waals surface area contributed by atoms with E-state index in [4.69, 9.17) is 10.5 Å². The van der Waals surface area contributed by atoms with Gasteiger partial charge in [-0.3, -0.25) is 9.59 Å². The van der Waals surface area contributed by atoms with Crippen LogP contribution in [-0.2, 0) is 32.1 Å². The Bertz CT molecular complexity index is 922. The van der Waals surface area contributed by atoms with Crippen LogP contribution >= 0.6 is 0 Å². The summed E-state index contributed by atoms with van der Waals surface area (Å²) in [6, 6.07) is 14.8. The fourth-order valence-corrected chi connectivity index (χ4v) is 2.88. The minimum atomic E-state index is -1.92. The Morgan fingerprint density at radius 1 is 0.906 bits per heavy atom. The first-order chi connectivity index (χ1) is 15.3. The van der Waals surface area contributed by atoms with E-state index in [1.807, 2.05) is 0 Å². The number of aliphatic carboxylic acids is 1. The number of hydrogen-bond donors (Lipinski definition) is 5. The van der Waals surface area contributed by atoms with Gasteiger partial charge in [0.05, 0.1) is 12.5 Å². The first kappa shape index (κ1) is 24.4. The lowest BCUT2D eigenvalue weighted by Crippen LogP contribution is -2.55. The number of ether oxygens (including phenoxy) is 1. The number of aliphatic hydroxyl groups is 1. The van der Waals surface area contributed by atoms with Crippen molar-refractivity contribution in [3.05, 3.63) is 71.8 Å². The van der Waals surface area contributed by atoms with Crippen LogP contribution < -0.4 is 16.4 Å². The molecular formula is C22H25N3O7. The predicted molar refractivity (Wildman–Crippen MR) is 113 cm³/mol. The van der Waals surface area contributed by atoms with E-state index in [2.05, 4.69) is 10.6 Å². The number of rotatable bonds is 11. The number of nitrogens with two attached hydrogens (primary N) is 1. The molecule has 170 valence electrons. The van der Waals surface area contributed by atoms with Crippen molar-refractivity contribution in [2.24, 2.45) is 5.73 Å². The molecule has 0 aliphatic rings. The molecule has 0 unspecified atom stereocenters. The molecule has 0 heterocycles. The Morgan fingerprint density at radius 2 is 1.47 bits per heavy atom. The van der Waals surface area contributed by atoms with Gasteiger partial charge >= 0.3 is 12.1 Å². The smallest absolute Gasteiger partial charge is 0.408 e. The van der Waals surface area contributed by atoms with Crippen LogP contribution in [0.1, 0.15) is 17.5 Å². The third-order valence-electron chi connectivity index (χ3n) is 4.49. The Kier molecular flexibility index (Phi) is 9.18. The number of hydrogen-bond acceptors (Lipinski definition) is 6. The van der Waals surface area contributed by atoms with Gasteiger partial charge in [0, 0.05) is 0 Å². The molecule has 0 spiro atoms. The number of carboxylic acid groups (broad SMARTS) is 1. The highest BCUT2D eigenvalue weighted by Crippen LogP contribution is 2.08. The maximum Gasteiger partial charge on any atom is 0.408 e. The van der Waals surface area contributed by atoms with Crippen molar-refractivity contribution in [3.8, 4) is 0 Å². The van der Waals surface area contributed by atoms with E-state index in [0.717, 1.165) is 0 Å². The van der Waals surface area contributed by atoms with Crippen molar-refractivity contribution in [2.45, 2.75) is 37.6 Å². The van der Waals surface area contributed by atoms with Crippen LogP contribution in [0, 0.1) is 0 Å². The molecule has 2 aromatic carbocycles. The van der Waals surface area contributed by atoms with Gasteiger partial charge in [-0.25, -0.2) is 9.59 Å². The highest BCUT2D eigenvalue weighted by molar-refractivity contribution is 5.91. The fraction of sp³-hybridized carbons (Fsp3) is 0.273. The molecule has 10 nitrogen and oxygen atoms in total. The second-order valence-corrected chi connectivity index (χ2v) is 7.02. The molecule has 32 heavy (non-hydrogen) atoms. The number of carboxylic acids is 1. The van der Waals surface area contributed by atoms with E-state index < -0.39 is 48.5 Å². The van der Waals surface area contributed by atoms with Crippen molar-refractivity contribution in [1.29, 1.82) is 0 Å². The Balaban J connectivity index is 2.06. The normalized spacial score (nSPS) is 13.3. The van der Waals surface area contributed by atoms with Crippen molar-refractivity contribution < 1.29 is 34.1 Å². The number of primary amides is 1. The van der Waals surface area contributed by atoms with E-state index in [9.17, 15) is 29.4 Å². The van der Waals surface area contributed by atoms with Gasteiger partial charge in [-0.15, -0.1) is 0 Å². The highest BCUT2D eigenvalue weighted by Gasteiger charge is 2.31. The summed E-state index contributed by atoms with van der Waals surface area (Å²) in [6.45, 7) is -0.0635. The average molecular weight is 443 g/mol. The van der Waals surface area contributed by atoms with Gasteiger partial charge in [0.2, 0.25) is 11.8 Å². The minimum absolute atomic E-state index is 0.00178. The quantitative estimate of drug-likeness (QED) is 0.333. The maximum atomic E-state index is 12.7. The van der Waals surface area contributed by atoms with Crippen LogP contribution in [0.4, 0.5) is 4.79 Å². The predicted octanol–water partition coefficient (Wildman–Crippen LogP) is 0.330. The summed E-state index contributed by atoms with van der Waals surface area (Å²) in [7, 11) is 0. The largest absolute Gasteiger partial charge is 0.479 e. The van der Waals surface area contributed by atoms with Gasteiger partial charge in [-0.05, 0) is 17.5 Å². The summed E-state index contributed by atoms with van der Waals surface area (Å²) < 4.78 is 5.05. The molecular weight excluding hydrogens is 418 g/mol. The third kappa shape index (κ3) is 8.07. The van der Waals surface area contributed by atoms with Gasteiger partial charge in [-0.2, -0.15) is 0 Å². The molecule has 0 saturated carbocycles. The number of benzene rings is 2. The van der Waals surface area contributed by atoms with Gasteiger partial charge < -0.3 is 31.3 Å². The summed E-state index contributed by atoms with van der Waals surface area (Å²) >= 11 is 0. The topological polar surface area (TPSA) is 168 Å². The zero-order valence-electron chi connectivity index (χ0n) is 17.1. The minimum Gasteiger partial charge on any atom is -0.479 e. The lowest BCUT2D eigenvalue weighted by molar-refractivity contribution is -0.148. The first-order valence-corrected chi connectivity index (χ1v) is 9.77. The Morgan fingerprint density at radius 3 is 2.00 bits per heavy atom. The van der Waals surface area contributed by atoms with Crippen LogP contribution in [0.15, 0.2) is 60.7 Å². The molecule has 0 saturated heterocycles. The standard InChI is InChI=1S/C22H25N3O7/c23-18(26)12-17(25-22(31)32-13-15-9-5-2-6-10-15)20(28)24-16(19(27)21(29)30)11-14-7-3-1-4-8-14/h1-10,16-17,19,27H,11-13H2,(H2,23,26)(H,24,28)(H,25,31)(H,29,30)/t16-,17-,19+/m0/s1. The van der Waals surface area contributed by atoms with Crippen molar-refractivity contribution in [2.75, 3.05) is 0 Å². The average Bonchev–Trinajstić information content (AvgIpc) is 2.77. The number of aliphatic hydroxyl groups excluding tert-OH is 1. The molecule has 3 atom stereocenters. The molecule has 0 radical (unpaired) electrons. The Labute approximate surface area is 184 Å². The second-order valence-electron chi connectivity index (χ2n) is 7.02. The van der Waals surface area contributed by atoms with Crippen LogP contribution in [-0.4, -0.2) is 52.3 Å². The molecule has 2 aromatic rings. The van der Waals surface area contributed by atoms with Crippen LogP contribution in [0.3, 0.4) is 0 Å². The zero-order valence-corrected chi connectivity index (χ0v) is 17.1. The summed E-state index contributed by atoms with van der Waals surface area (Å²) in [5, 5.41) is 23.9. The summed E-state index contributed by atoms with van der Waals surface area (Å²) in [5.74, 6) is -3.29. The van der Waals surface area contributed by atoms with Crippen LogP contribution in [0.2, 0.25) is 0 Å². The molecule has 6 N–H and O–H groups in total. The van der Waals surface area contributed by atoms with Crippen molar-refractivity contribution >= 4 is 23.9 Å². The Hall–Kier alpha value is -3.92. The SMILES string of the molecule is NC(=O)C[C@H](NC(=O)OCc1ccccc1)C(=O)N[C@@H](Cc1ccccc1)[C@@H](O)C(=O)O. The van der Waals surface area contributed by atoms with E-state index in [-0.39, 0.29) is 13.0 Å². The highest BCUT2D eigenvalue weighted by atomic mass is 16.5. The maximum absolute atomic E-state index is 12.7. The van der Waals surface area contributed by atoms with Crippen molar-refractivity contribution in [3.63, 3.8) is 0 Å². The lowest BCUT2D eigenvalue weighted by Gasteiger charge is -2.25. The lowest BCUT2D eigenvalue weighted by atomic mass is 10.0. The third-order valence-corrected chi connectivity index (χ3v) is 4.49. The summed E-state index contributed by atoms with van der Waals surface area (Å²) in [4.78, 5) is 47.5. The number of alkyl carbamates (subject to hydrolysis) is 1. The van der Waals surface area contributed by atoms with Crippen LogP contribution in [0.25, 0.3) is 0 Å². The number of nitrogens with one attached hydrogen (secondary N) is 2. The second kappa shape index (κ2) is 12.1. The van der Waals surface area contributed by atoms with E-state index in [1.165, 1.54) is 0 Å². The van der Waals surface area contributed by atoms with Crippen LogP contribution in [0.5, 0.6) is 0 Å². The van der Waals surface area contributed by atoms with Crippen molar-refractivity contribution in [1.82, 2.24) is 10.6 Å². The van der Waals surface area contributed by atoms with Gasteiger partial charge in [0.15, 0.2) is 6.10 Å². The first-order valence-electron chi connectivity index (χ1n) is 9.77. The van der Waals surface area contributed by atoms with Gasteiger partial charge in [0.1, 0.15) is 12.6 Å². The molecule has 0 aliphatic carbocycles. The molecule has 0 aromatic heterocycles. The van der Waals surface area contributed by atoms with Gasteiger partial charge in [0.25, 0.3) is 0 Å². The summed E-state index contributed by atoms with van der Waals surface area (Å²) in [5.41, 5.74) is 6.56. The van der Waals surface area contributed by atoms with E-state index >= 15 is 0 Å². The molecule has 3 amide bonds. The number of amides is 3. The number of carbonyl (C=O) groups excluding carboxylic acids is 3. The molecule has 10 heteroatoms. The summed E-state index contributed by atoms with van der Waals surface area (Å²) in [6.07, 6.45) is -3.43. The monoisotopic (exact) mass is 443 g/mol. The van der Waals surface area contributed by atoms with E-state index in [0.29, 0.717) is 11.1 Å². The molecule has 0 bridgehead atoms. The fourth-order valence-electron chi connectivity index (χ4n) is 2.88. The molecule has 0 aliphatic heterocycles.